The maximum atomic E-state index is 11.7. The zero-order chi connectivity index (χ0) is 12.1. The zero-order valence-corrected chi connectivity index (χ0v) is 11.7. The molecular formula is C12H15BrClNO. The van der Waals surface area contributed by atoms with Gasteiger partial charge in [0.15, 0.2) is 0 Å². The molecule has 0 saturated carbocycles. The molecule has 1 N–H and O–H groups in total. The Kier molecular flexibility index (Phi) is 5.29. The largest absolute Gasteiger partial charge is 0.351 e. The third kappa shape index (κ3) is 3.80. The van der Waals surface area contributed by atoms with Crippen molar-refractivity contribution in [1.29, 1.82) is 0 Å². The van der Waals surface area contributed by atoms with Crippen LogP contribution < -0.4 is 5.32 Å². The van der Waals surface area contributed by atoms with E-state index in [2.05, 4.69) is 21.2 Å². The van der Waals surface area contributed by atoms with Gasteiger partial charge in [0.05, 0.1) is 5.38 Å². The number of benzene rings is 1. The van der Waals surface area contributed by atoms with Crippen LogP contribution in [-0.4, -0.2) is 17.8 Å². The molecule has 88 valence electrons. The quantitative estimate of drug-likeness (QED) is 0.848. The number of alkyl halides is 1. The fourth-order valence-corrected chi connectivity index (χ4v) is 1.64. The van der Waals surface area contributed by atoms with Gasteiger partial charge in [-0.15, -0.1) is 11.6 Å². The number of rotatable bonds is 4. The lowest BCUT2D eigenvalue weighted by molar-refractivity contribution is 0.0953. The van der Waals surface area contributed by atoms with Crippen LogP contribution >= 0.6 is 27.5 Å². The molecular weight excluding hydrogens is 289 g/mol. The summed E-state index contributed by atoms with van der Waals surface area (Å²) in [5.74, 6) is -0.0835. The van der Waals surface area contributed by atoms with Gasteiger partial charge in [-0.2, -0.15) is 0 Å². The first-order chi connectivity index (χ1) is 7.54. The van der Waals surface area contributed by atoms with Gasteiger partial charge in [0.2, 0.25) is 0 Å². The highest BCUT2D eigenvalue weighted by molar-refractivity contribution is 9.10. The van der Waals surface area contributed by atoms with E-state index < -0.39 is 0 Å². The summed E-state index contributed by atoms with van der Waals surface area (Å²) in [6, 6.07) is 5.54. The minimum atomic E-state index is -0.0835. The smallest absolute Gasteiger partial charge is 0.251 e. The fourth-order valence-electron chi connectivity index (χ4n) is 1.18. The van der Waals surface area contributed by atoms with E-state index in [9.17, 15) is 4.79 Å². The molecule has 0 aromatic heterocycles. The van der Waals surface area contributed by atoms with Crippen molar-refractivity contribution in [2.75, 3.05) is 6.54 Å². The van der Waals surface area contributed by atoms with Crippen molar-refractivity contribution >= 4 is 33.4 Å². The van der Waals surface area contributed by atoms with E-state index in [4.69, 9.17) is 11.6 Å². The highest BCUT2D eigenvalue weighted by atomic mass is 79.9. The molecule has 1 unspecified atom stereocenters. The molecule has 0 aliphatic carbocycles. The molecule has 0 bridgehead atoms. The third-order valence-electron chi connectivity index (χ3n) is 2.36. The van der Waals surface area contributed by atoms with Crippen molar-refractivity contribution in [1.82, 2.24) is 5.32 Å². The molecule has 0 heterocycles. The van der Waals surface area contributed by atoms with Crippen LogP contribution in [0.25, 0.3) is 0 Å². The van der Waals surface area contributed by atoms with E-state index in [1.165, 1.54) is 0 Å². The van der Waals surface area contributed by atoms with Crippen LogP contribution in [0.5, 0.6) is 0 Å². The van der Waals surface area contributed by atoms with Gasteiger partial charge in [0.25, 0.3) is 5.91 Å². The predicted octanol–water partition coefficient (Wildman–Crippen LogP) is 3.50. The van der Waals surface area contributed by atoms with E-state index in [0.717, 1.165) is 16.5 Å². The summed E-state index contributed by atoms with van der Waals surface area (Å²) in [6.07, 6.45) is 0.847. The minimum absolute atomic E-state index is 0.00200. The molecule has 0 aliphatic heterocycles. The average Bonchev–Trinajstić information content (AvgIpc) is 2.29. The van der Waals surface area contributed by atoms with E-state index in [-0.39, 0.29) is 11.3 Å². The van der Waals surface area contributed by atoms with Crippen LogP contribution in [0.4, 0.5) is 0 Å². The number of hydrogen-bond donors (Lipinski definition) is 1. The second-order valence-electron chi connectivity index (χ2n) is 3.68. The molecule has 1 amide bonds. The van der Waals surface area contributed by atoms with Crippen LogP contribution in [0.15, 0.2) is 22.7 Å². The van der Waals surface area contributed by atoms with Crippen molar-refractivity contribution in [2.24, 2.45) is 0 Å². The van der Waals surface area contributed by atoms with Gasteiger partial charge in [0.1, 0.15) is 0 Å². The van der Waals surface area contributed by atoms with Crippen LogP contribution in [-0.2, 0) is 0 Å². The molecule has 16 heavy (non-hydrogen) atoms. The summed E-state index contributed by atoms with van der Waals surface area (Å²) in [4.78, 5) is 11.7. The monoisotopic (exact) mass is 303 g/mol. The summed E-state index contributed by atoms with van der Waals surface area (Å²) < 4.78 is 0.943. The molecule has 0 fully saturated rings. The lowest BCUT2D eigenvalue weighted by atomic mass is 10.1. The first kappa shape index (κ1) is 13.5. The molecule has 2 nitrogen and oxygen atoms in total. The summed E-state index contributed by atoms with van der Waals surface area (Å²) in [5.41, 5.74) is 1.76. The zero-order valence-electron chi connectivity index (χ0n) is 9.39. The first-order valence-corrected chi connectivity index (χ1v) is 6.46. The Labute approximate surface area is 110 Å². The highest BCUT2D eigenvalue weighted by Gasteiger charge is 2.08. The number of amides is 1. The van der Waals surface area contributed by atoms with E-state index >= 15 is 0 Å². The van der Waals surface area contributed by atoms with Gasteiger partial charge in [-0.25, -0.2) is 0 Å². The normalized spacial score (nSPS) is 12.2. The second-order valence-corrected chi connectivity index (χ2v) is 5.15. The SMILES string of the molecule is CCC(Cl)CNC(=O)c1ccc(C)c(Br)c1. The molecule has 1 aromatic carbocycles. The fraction of sp³-hybridized carbons (Fsp3) is 0.417. The summed E-state index contributed by atoms with van der Waals surface area (Å²) in [5, 5.41) is 2.80. The lowest BCUT2D eigenvalue weighted by Gasteiger charge is -2.09. The predicted molar refractivity (Wildman–Crippen MR) is 71.1 cm³/mol. The molecule has 0 radical (unpaired) electrons. The number of aryl methyl sites for hydroxylation is 1. The van der Waals surface area contributed by atoms with Crippen LogP contribution in [0.3, 0.4) is 0 Å². The van der Waals surface area contributed by atoms with Crippen molar-refractivity contribution < 1.29 is 4.79 Å². The van der Waals surface area contributed by atoms with Crippen molar-refractivity contribution in [3.05, 3.63) is 33.8 Å². The summed E-state index contributed by atoms with van der Waals surface area (Å²) >= 11 is 9.33. The molecule has 4 heteroatoms. The molecule has 0 saturated heterocycles. The molecule has 0 spiro atoms. The number of halogens is 2. The van der Waals surface area contributed by atoms with E-state index in [1.807, 2.05) is 32.0 Å². The van der Waals surface area contributed by atoms with Gasteiger partial charge in [-0.3, -0.25) is 4.79 Å². The Hall–Kier alpha value is -0.540. The van der Waals surface area contributed by atoms with Gasteiger partial charge < -0.3 is 5.32 Å². The number of hydrogen-bond acceptors (Lipinski definition) is 1. The van der Waals surface area contributed by atoms with Crippen molar-refractivity contribution in [2.45, 2.75) is 25.6 Å². The lowest BCUT2D eigenvalue weighted by Crippen LogP contribution is -2.29. The molecule has 1 rings (SSSR count). The van der Waals surface area contributed by atoms with E-state index in [1.54, 1.807) is 0 Å². The molecule has 1 aromatic rings. The van der Waals surface area contributed by atoms with Gasteiger partial charge in [0, 0.05) is 16.6 Å². The number of carbonyl (C=O) groups excluding carboxylic acids is 1. The van der Waals surface area contributed by atoms with Crippen molar-refractivity contribution in [3.8, 4) is 0 Å². The molecule has 0 aliphatic rings. The van der Waals surface area contributed by atoms with Crippen LogP contribution in [0.1, 0.15) is 29.3 Å². The van der Waals surface area contributed by atoms with Gasteiger partial charge >= 0.3 is 0 Å². The van der Waals surface area contributed by atoms with Gasteiger partial charge in [-0.1, -0.05) is 28.9 Å². The van der Waals surface area contributed by atoms with E-state index in [0.29, 0.717) is 12.1 Å². The van der Waals surface area contributed by atoms with Crippen LogP contribution in [0, 0.1) is 6.92 Å². The maximum Gasteiger partial charge on any atom is 0.251 e. The molecule has 1 atom stereocenters. The highest BCUT2D eigenvalue weighted by Crippen LogP contribution is 2.17. The standard InChI is InChI=1S/C12H15BrClNO/c1-3-10(14)7-15-12(16)9-5-4-8(2)11(13)6-9/h4-6,10H,3,7H2,1-2H3,(H,15,16). The first-order valence-electron chi connectivity index (χ1n) is 5.23. The second kappa shape index (κ2) is 6.26. The Bertz CT molecular complexity index is 381. The number of nitrogens with one attached hydrogen (secondary N) is 1. The Morgan fingerprint density at radius 2 is 2.25 bits per heavy atom. The topological polar surface area (TPSA) is 29.1 Å². The van der Waals surface area contributed by atoms with Crippen molar-refractivity contribution in [3.63, 3.8) is 0 Å². The maximum absolute atomic E-state index is 11.7. The Morgan fingerprint density at radius 3 is 2.81 bits per heavy atom. The van der Waals surface area contributed by atoms with Gasteiger partial charge in [-0.05, 0) is 31.0 Å². The Morgan fingerprint density at radius 1 is 1.56 bits per heavy atom. The average molecular weight is 305 g/mol. The summed E-state index contributed by atoms with van der Waals surface area (Å²) in [6.45, 7) is 4.48. The minimum Gasteiger partial charge on any atom is -0.351 e. The summed E-state index contributed by atoms with van der Waals surface area (Å²) in [7, 11) is 0. The Balaban J connectivity index is 2.63. The third-order valence-corrected chi connectivity index (χ3v) is 3.68. The van der Waals surface area contributed by atoms with Crippen LogP contribution in [0.2, 0.25) is 0 Å². The number of carbonyl (C=O) groups is 1.